The van der Waals surface area contributed by atoms with Gasteiger partial charge in [0.15, 0.2) is 0 Å². The molecule has 18 heavy (non-hydrogen) atoms. The first kappa shape index (κ1) is 15.0. The third-order valence-electron chi connectivity index (χ3n) is 2.69. The highest BCUT2D eigenvalue weighted by atomic mass is 32.2. The molecule has 0 aromatic carbocycles. The van der Waals surface area contributed by atoms with E-state index in [0.717, 1.165) is 6.42 Å². The van der Waals surface area contributed by atoms with Crippen molar-refractivity contribution in [1.29, 1.82) is 0 Å². The fourth-order valence-electron chi connectivity index (χ4n) is 1.43. The standard InChI is InChI=1S/C13H20N2O2S/c1-6-8(4)18-12-10(13(16)17)9(5)14-11(15-12)7(2)3/h7-8H,6H2,1-5H3,(H,16,17). The lowest BCUT2D eigenvalue weighted by Gasteiger charge is -2.14. The molecule has 1 N–H and O–H groups in total. The number of carbonyl (C=O) groups is 1. The van der Waals surface area contributed by atoms with Crippen LogP contribution in [0, 0.1) is 6.92 Å². The molecule has 0 bridgehead atoms. The predicted octanol–water partition coefficient (Wildman–Crippen LogP) is 3.50. The first-order chi connectivity index (χ1) is 8.36. The third kappa shape index (κ3) is 3.45. The van der Waals surface area contributed by atoms with Crippen molar-refractivity contribution in [2.24, 2.45) is 0 Å². The van der Waals surface area contributed by atoms with Gasteiger partial charge in [-0.15, -0.1) is 11.8 Å². The molecule has 100 valence electrons. The maximum Gasteiger partial charge on any atom is 0.340 e. The topological polar surface area (TPSA) is 63.1 Å². The minimum Gasteiger partial charge on any atom is -0.478 e. The largest absolute Gasteiger partial charge is 0.478 e. The van der Waals surface area contributed by atoms with Gasteiger partial charge in [0.25, 0.3) is 0 Å². The average Bonchev–Trinajstić information content (AvgIpc) is 2.27. The molecule has 5 heteroatoms. The van der Waals surface area contributed by atoms with Crippen LogP contribution < -0.4 is 0 Å². The number of hydrogen-bond acceptors (Lipinski definition) is 4. The molecule has 1 unspecified atom stereocenters. The number of rotatable bonds is 5. The summed E-state index contributed by atoms with van der Waals surface area (Å²) in [5.74, 6) is -0.0419. The van der Waals surface area contributed by atoms with Crippen molar-refractivity contribution in [3.8, 4) is 0 Å². The van der Waals surface area contributed by atoms with Gasteiger partial charge in [-0.25, -0.2) is 14.8 Å². The molecule has 1 rings (SSSR count). The van der Waals surface area contributed by atoms with Gasteiger partial charge in [0.05, 0.1) is 5.69 Å². The molecule has 0 saturated heterocycles. The molecule has 0 aliphatic heterocycles. The van der Waals surface area contributed by atoms with Gasteiger partial charge in [-0.3, -0.25) is 0 Å². The lowest BCUT2D eigenvalue weighted by Crippen LogP contribution is -2.11. The van der Waals surface area contributed by atoms with Crippen molar-refractivity contribution in [3.63, 3.8) is 0 Å². The van der Waals surface area contributed by atoms with Crippen molar-refractivity contribution < 1.29 is 9.90 Å². The van der Waals surface area contributed by atoms with E-state index in [1.807, 2.05) is 13.8 Å². The summed E-state index contributed by atoms with van der Waals surface area (Å²) in [5, 5.41) is 10.2. The Morgan fingerprint density at radius 1 is 1.33 bits per heavy atom. The zero-order chi connectivity index (χ0) is 13.9. The van der Waals surface area contributed by atoms with Gasteiger partial charge >= 0.3 is 5.97 Å². The van der Waals surface area contributed by atoms with E-state index in [1.54, 1.807) is 6.92 Å². The van der Waals surface area contributed by atoms with Gasteiger partial charge in [-0.05, 0) is 13.3 Å². The summed E-state index contributed by atoms with van der Waals surface area (Å²) in [5.41, 5.74) is 0.789. The molecule has 4 nitrogen and oxygen atoms in total. The van der Waals surface area contributed by atoms with Gasteiger partial charge in [0, 0.05) is 11.2 Å². The highest BCUT2D eigenvalue weighted by molar-refractivity contribution is 7.99. The molecule has 1 heterocycles. The Bertz CT molecular complexity index is 447. The van der Waals surface area contributed by atoms with Crippen LogP contribution in [0.4, 0.5) is 0 Å². The molecule has 0 aliphatic carbocycles. The van der Waals surface area contributed by atoms with Gasteiger partial charge in [-0.1, -0.05) is 27.7 Å². The summed E-state index contributed by atoms with van der Waals surface area (Å²) in [6.07, 6.45) is 0.976. The molecule has 1 aromatic rings. The van der Waals surface area contributed by atoms with Crippen LogP contribution >= 0.6 is 11.8 Å². The van der Waals surface area contributed by atoms with E-state index in [-0.39, 0.29) is 11.5 Å². The number of carboxylic acids is 1. The Kier molecular flexibility index (Phi) is 5.14. The summed E-state index contributed by atoms with van der Waals surface area (Å²) in [6.45, 7) is 9.90. The van der Waals surface area contributed by atoms with Crippen LogP contribution in [0.2, 0.25) is 0 Å². The smallest absolute Gasteiger partial charge is 0.340 e. The number of aryl methyl sites for hydroxylation is 1. The molecule has 0 saturated carbocycles. The predicted molar refractivity (Wildman–Crippen MR) is 73.4 cm³/mol. The molecular formula is C13H20N2O2S. The van der Waals surface area contributed by atoms with Crippen LogP contribution in [0.5, 0.6) is 0 Å². The Balaban J connectivity index is 3.28. The summed E-state index contributed by atoms with van der Waals surface area (Å²) < 4.78 is 0. The Hall–Kier alpha value is -1.10. The molecule has 0 spiro atoms. The summed E-state index contributed by atoms with van der Waals surface area (Å²) in [4.78, 5) is 20.0. The normalized spacial score (nSPS) is 12.8. The fraction of sp³-hybridized carbons (Fsp3) is 0.615. The van der Waals surface area contributed by atoms with E-state index in [4.69, 9.17) is 0 Å². The fourth-order valence-corrected chi connectivity index (χ4v) is 2.48. The number of aromatic carboxylic acids is 1. The third-order valence-corrected chi connectivity index (χ3v) is 3.95. The van der Waals surface area contributed by atoms with E-state index in [0.29, 0.717) is 21.8 Å². The van der Waals surface area contributed by atoms with Crippen molar-refractivity contribution in [2.75, 3.05) is 0 Å². The zero-order valence-electron chi connectivity index (χ0n) is 11.5. The van der Waals surface area contributed by atoms with E-state index < -0.39 is 5.97 Å². The quantitative estimate of drug-likeness (QED) is 0.654. The molecular weight excluding hydrogens is 248 g/mol. The molecule has 0 radical (unpaired) electrons. The first-order valence-corrected chi connectivity index (χ1v) is 7.03. The maximum absolute atomic E-state index is 11.3. The first-order valence-electron chi connectivity index (χ1n) is 6.15. The van der Waals surface area contributed by atoms with Gasteiger partial charge in [-0.2, -0.15) is 0 Å². The molecule has 1 aromatic heterocycles. The monoisotopic (exact) mass is 268 g/mol. The number of thioether (sulfide) groups is 1. The number of nitrogens with zero attached hydrogens (tertiary/aromatic N) is 2. The highest BCUT2D eigenvalue weighted by Crippen LogP contribution is 2.29. The lowest BCUT2D eigenvalue weighted by molar-refractivity contribution is 0.0690. The summed E-state index contributed by atoms with van der Waals surface area (Å²) in [6, 6.07) is 0. The molecule has 1 atom stereocenters. The minimum absolute atomic E-state index is 0.197. The maximum atomic E-state index is 11.3. The van der Waals surface area contributed by atoms with Crippen LogP contribution in [0.25, 0.3) is 0 Å². The van der Waals surface area contributed by atoms with Crippen LogP contribution in [0.1, 0.15) is 61.9 Å². The summed E-state index contributed by atoms with van der Waals surface area (Å²) in [7, 11) is 0. The lowest BCUT2D eigenvalue weighted by atomic mass is 10.2. The van der Waals surface area contributed by atoms with Crippen LogP contribution in [-0.2, 0) is 0 Å². The van der Waals surface area contributed by atoms with E-state index in [2.05, 4.69) is 23.8 Å². The van der Waals surface area contributed by atoms with Crippen molar-refractivity contribution in [1.82, 2.24) is 9.97 Å². The van der Waals surface area contributed by atoms with Crippen molar-refractivity contribution in [2.45, 2.75) is 57.2 Å². The van der Waals surface area contributed by atoms with E-state index in [9.17, 15) is 9.90 Å². The van der Waals surface area contributed by atoms with Gasteiger partial charge < -0.3 is 5.11 Å². The Morgan fingerprint density at radius 3 is 2.39 bits per heavy atom. The minimum atomic E-state index is -0.950. The van der Waals surface area contributed by atoms with Gasteiger partial charge in [0.1, 0.15) is 16.4 Å². The van der Waals surface area contributed by atoms with Gasteiger partial charge in [0.2, 0.25) is 0 Å². The number of aromatic nitrogens is 2. The van der Waals surface area contributed by atoms with Crippen LogP contribution in [0.3, 0.4) is 0 Å². The Labute approximate surface area is 112 Å². The highest BCUT2D eigenvalue weighted by Gasteiger charge is 2.20. The van der Waals surface area contributed by atoms with E-state index in [1.165, 1.54) is 11.8 Å². The Morgan fingerprint density at radius 2 is 1.94 bits per heavy atom. The number of hydrogen-bond donors (Lipinski definition) is 1. The zero-order valence-corrected chi connectivity index (χ0v) is 12.3. The second-order valence-corrected chi connectivity index (χ2v) is 6.07. The second kappa shape index (κ2) is 6.18. The van der Waals surface area contributed by atoms with Crippen molar-refractivity contribution >= 4 is 17.7 Å². The summed E-state index contributed by atoms with van der Waals surface area (Å²) >= 11 is 1.51. The average molecular weight is 268 g/mol. The second-order valence-electron chi connectivity index (χ2n) is 4.64. The molecule has 0 aliphatic rings. The van der Waals surface area contributed by atoms with Crippen LogP contribution in [-0.4, -0.2) is 26.3 Å². The van der Waals surface area contributed by atoms with Crippen LogP contribution in [0.15, 0.2) is 5.03 Å². The molecule has 0 amide bonds. The molecule has 0 fully saturated rings. The SMILES string of the molecule is CCC(C)Sc1nc(C(C)C)nc(C)c1C(=O)O. The van der Waals surface area contributed by atoms with E-state index >= 15 is 0 Å². The van der Waals surface area contributed by atoms with Crippen molar-refractivity contribution in [3.05, 3.63) is 17.1 Å². The number of carboxylic acid groups (broad SMARTS) is 1.